The first-order valence-corrected chi connectivity index (χ1v) is 14.4. The number of ether oxygens (including phenoxy) is 3. The molecule has 3 amide bonds. The zero-order chi connectivity index (χ0) is 35.1. The first kappa shape index (κ1) is 36.1. The summed E-state index contributed by atoms with van der Waals surface area (Å²) in [6.45, 7) is 5.84. The van der Waals surface area contributed by atoms with E-state index in [0.29, 0.717) is 33.8 Å². The van der Waals surface area contributed by atoms with Crippen LogP contribution in [0.1, 0.15) is 30.0 Å². The Bertz CT molecular complexity index is 1620. The molecule has 48 heavy (non-hydrogen) atoms. The van der Waals surface area contributed by atoms with Crippen molar-refractivity contribution in [2.24, 2.45) is 20.4 Å². The van der Waals surface area contributed by atoms with Gasteiger partial charge in [0.1, 0.15) is 19.8 Å². The van der Waals surface area contributed by atoms with Crippen molar-refractivity contribution < 1.29 is 43.0 Å². The molecule has 0 saturated carbocycles. The number of isocyanates is 3. The monoisotopic (exact) mass is 656 g/mol. The molecule has 248 valence electrons. The summed E-state index contributed by atoms with van der Waals surface area (Å²) in [7, 11) is 0. The number of aliphatic imine (C=N–C) groups is 3. The number of anilines is 3. The quantitative estimate of drug-likeness (QED) is 0.0987. The van der Waals surface area contributed by atoms with Gasteiger partial charge in [-0.05, 0) is 80.3 Å². The minimum atomic E-state index is -1.22. The topological polar surface area (TPSA) is 203 Å². The highest BCUT2D eigenvalue weighted by Gasteiger charge is 2.34. The normalized spacial score (nSPS) is 11.2. The van der Waals surface area contributed by atoms with Crippen LogP contribution in [-0.4, -0.2) is 56.3 Å². The van der Waals surface area contributed by atoms with Gasteiger partial charge in [-0.2, -0.15) is 15.0 Å². The zero-order valence-electron chi connectivity index (χ0n) is 26.5. The minimum Gasteiger partial charge on any atom is -0.448 e. The average Bonchev–Trinajstić information content (AvgIpc) is 3.06. The van der Waals surface area contributed by atoms with Gasteiger partial charge in [0.25, 0.3) is 0 Å². The zero-order valence-corrected chi connectivity index (χ0v) is 26.5. The van der Waals surface area contributed by atoms with E-state index < -0.39 is 23.7 Å². The molecule has 0 aromatic heterocycles. The molecule has 0 spiro atoms. The van der Waals surface area contributed by atoms with Crippen LogP contribution in [0.25, 0.3) is 0 Å². The number of benzene rings is 3. The fourth-order valence-electron chi connectivity index (χ4n) is 4.13. The van der Waals surface area contributed by atoms with Gasteiger partial charge < -0.3 is 14.2 Å². The fourth-order valence-corrected chi connectivity index (χ4v) is 4.13. The highest BCUT2D eigenvalue weighted by Crippen LogP contribution is 2.28. The van der Waals surface area contributed by atoms with Crippen molar-refractivity contribution in [2.75, 3.05) is 35.8 Å². The van der Waals surface area contributed by atoms with Crippen molar-refractivity contribution >= 4 is 70.6 Å². The summed E-state index contributed by atoms with van der Waals surface area (Å²) >= 11 is 0. The lowest BCUT2D eigenvalue weighted by molar-refractivity contribution is -0.0104. The third-order valence-electron chi connectivity index (χ3n) is 7.18. The lowest BCUT2D eigenvalue weighted by Crippen LogP contribution is -2.40. The van der Waals surface area contributed by atoms with Gasteiger partial charge in [0.05, 0.1) is 22.5 Å². The first-order valence-electron chi connectivity index (χ1n) is 14.4. The molecule has 0 fully saturated rings. The summed E-state index contributed by atoms with van der Waals surface area (Å²) in [6, 6.07) is 14.0. The van der Waals surface area contributed by atoms with Crippen molar-refractivity contribution in [3.8, 4) is 0 Å². The summed E-state index contributed by atoms with van der Waals surface area (Å²) in [5.41, 5.74) is 2.57. The largest absolute Gasteiger partial charge is 0.448 e. The van der Waals surface area contributed by atoms with E-state index in [1.165, 1.54) is 36.4 Å². The van der Waals surface area contributed by atoms with Gasteiger partial charge in [-0.15, -0.1) is 0 Å². The van der Waals surface area contributed by atoms with Crippen LogP contribution in [0.3, 0.4) is 0 Å². The highest BCUT2D eigenvalue weighted by molar-refractivity contribution is 5.88. The second-order valence-corrected chi connectivity index (χ2v) is 10.6. The van der Waals surface area contributed by atoms with Crippen molar-refractivity contribution in [1.29, 1.82) is 0 Å². The number of nitrogens with one attached hydrogen (secondary N) is 3. The summed E-state index contributed by atoms with van der Waals surface area (Å²) in [5, 5.41) is 7.74. The van der Waals surface area contributed by atoms with E-state index in [9.17, 15) is 28.8 Å². The first-order chi connectivity index (χ1) is 23.0. The summed E-state index contributed by atoms with van der Waals surface area (Å²) in [6.07, 6.45) is 1.90. The molecule has 0 aliphatic carbocycles. The number of hydrogen-bond acceptors (Lipinski definition) is 12. The molecule has 0 unspecified atom stereocenters. The Morgan fingerprint density at radius 3 is 1.12 bits per heavy atom. The molecule has 0 atom stereocenters. The molecular formula is C33H32N6O9. The molecule has 0 aliphatic heterocycles. The Kier molecular flexibility index (Phi) is 13.0. The van der Waals surface area contributed by atoms with Gasteiger partial charge in [0.2, 0.25) is 18.2 Å². The van der Waals surface area contributed by atoms with Crippen molar-refractivity contribution in [3.05, 3.63) is 71.3 Å². The van der Waals surface area contributed by atoms with Crippen LogP contribution >= 0.6 is 0 Å². The summed E-state index contributed by atoms with van der Waals surface area (Å²) in [5.74, 6) is 0. The smallest absolute Gasteiger partial charge is 0.411 e. The van der Waals surface area contributed by atoms with Gasteiger partial charge >= 0.3 is 18.3 Å². The number of carbonyl (C=O) groups excluding carboxylic acids is 6. The molecule has 0 saturated heterocycles. The molecule has 15 nitrogen and oxygen atoms in total. The molecule has 15 heteroatoms. The van der Waals surface area contributed by atoms with Gasteiger partial charge in [0.15, 0.2) is 0 Å². The standard InChI is InChI=1S/C33H32N6O9/c1-5-33(15-46-30(43)37-27-12-24(34-18-40)9-6-21(27)2,16-47-31(44)38-28-13-25(35-19-41)10-7-22(28)3)17-48-32(45)39-29-14-26(36-20-42)11-8-23(29)4/h6-14H,5,15-17H2,1-4H3,(H,37,43)(H,38,44)(H,39,45). The van der Waals surface area contributed by atoms with Crippen molar-refractivity contribution in [3.63, 3.8) is 0 Å². The molecule has 0 bridgehead atoms. The molecule has 3 N–H and O–H groups in total. The Balaban J connectivity index is 1.77. The number of amides is 3. The van der Waals surface area contributed by atoms with Gasteiger partial charge in [-0.3, -0.25) is 16.0 Å². The maximum Gasteiger partial charge on any atom is 0.411 e. The Hall–Kier alpha value is -6.39. The molecule has 0 aliphatic rings. The van der Waals surface area contributed by atoms with Crippen LogP contribution in [0.5, 0.6) is 0 Å². The van der Waals surface area contributed by atoms with E-state index in [4.69, 9.17) is 14.2 Å². The van der Waals surface area contributed by atoms with E-state index in [1.54, 1.807) is 64.1 Å². The minimum absolute atomic E-state index is 0.217. The van der Waals surface area contributed by atoms with Crippen LogP contribution in [0, 0.1) is 26.2 Å². The van der Waals surface area contributed by atoms with Gasteiger partial charge in [-0.1, -0.05) is 25.1 Å². The second-order valence-electron chi connectivity index (χ2n) is 10.6. The lowest BCUT2D eigenvalue weighted by atomic mass is 9.88. The number of hydrogen-bond donors (Lipinski definition) is 3. The van der Waals surface area contributed by atoms with E-state index >= 15 is 0 Å². The Morgan fingerprint density at radius 2 is 0.875 bits per heavy atom. The average molecular weight is 657 g/mol. The fraction of sp³-hybridized carbons (Fsp3) is 0.273. The Labute approximate surface area is 275 Å². The predicted molar refractivity (Wildman–Crippen MR) is 175 cm³/mol. The number of nitrogens with zero attached hydrogens (tertiary/aromatic N) is 3. The molecular weight excluding hydrogens is 624 g/mol. The summed E-state index contributed by atoms with van der Waals surface area (Å²) < 4.78 is 16.5. The third-order valence-corrected chi connectivity index (χ3v) is 7.18. The van der Waals surface area contributed by atoms with Crippen molar-refractivity contribution in [2.45, 2.75) is 34.1 Å². The Morgan fingerprint density at radius 1 is 0.583 bits per heavy atom. The van der Waals surface area contributed by atoms with E-state index in [1.807, 2.05) is 0 Å². The SMILES string of the molecule is CCC(COC(=O)Nc1cc(N=C=O)ccc1C)(COC(=O)Nc1cc(N=C=O)ccc1C)COC(=O)Nc1cc(N=C=O)ccc1C. The van der Waals surface area contributed by atoms with Crippen LogP contribution in [-0.2, 0) is 28.6 Å². The van der Waals surface area contributed by atoms with E-state index in [0.717, 1.165) is 0 Å². The maximum absolute atomic E-state index is 12.8. The molecule has 0 radical (unpaired) electrons. The van der Waals surface area contributed by atoms with Crippen LogP contribution in [0.15, 0.2) is 69.6 Å². The maximum atomic E-state index is 12.8. The molecule has 3 aromatic rings. The third kappa shape index (κ3) is 10.6. The van der Waals surface area contributed by atoms with Gasteiger partial charge in [-0.25, -0.2) is 28.8 Å². The molecule has 3 aromatic carbocycles. The summed E-state index contributed by atoms with van der Waals surface area (Å²) in [4.78, 5) is 81.1. The predicted octanol–water partition coefficient (Wildman–Crippen LogP) is 6.96. The second kappa shape index (κ2) is 17.3. The number of aryl methyl sites for hydroxylation is 3. The van der Waals surface area contributed by atoms with E-state index in [-0.39, 0.29) is 43.3 Å². The molecule has 0 heterocycles. The number of carbonyl (C=O) groups is 3. The van der Waals surface area contributed by atoms with Gasteiger partial charge in [0, 0.05) is 17.1 Å². The van der Waals surface area contributed by atoms with E-state index in [2.05, 4.69) is 30.9 Å². The van der Waals surface area contributed by atoms with Crippen LogP contribution < -0.4 is 16.0 Å². The lowest BCUT2D eigenvalue weighted by Gasteiger charge is -2.31. The van der Waals surface area contributed by atoms with Crippen LogP contribution in [0.2, 0.25) is 0 Å². The van der Waals surface area contributed by atoms with Crippen molar-refractivity contribution in [1.82, 2.24) is 0 Å². The number of rotatable bonds is 13. The highest BCUT2D eigenvalue weighted by atomic mass is 16.6. The molecule has 3 rings (SSSR count). The van der Waals surface area contributed by atoms with Crippen LogP contribution in [0.4, 0.5) is 48.5 Å².